The topological polar surface area (TPSA) is 88.3 Å². The number of oxazole rings is 1. The number of aliphatic hydroxyl groups is 1. The molecule has 8 heteroatoms. The van der Waals surface area contributed by atoms with Crippen LogP contribution in [-0.4, -0.2) is 71.9 Å². The number of aromatic nitrogens is 1. The van der Waals surface area contributed by atoms with Gasteiger partial charge in [-0.1, -0.05) is 54.6 Å². The number of nitrogens with zero attached hydrogens (tertiary/aromatic N) is 3. The summed E-state index contributed by atoms with van der Waals surface area (Å²) in [6.45, 7) is 11.8. The molecule has 2 saturated heterocycles. The van der Waals surface area contributed by atoms with Crippen LogP contribution in [0.4, 0.5) is 0 Å². The molecule has 4 aromatic carbocycles. The lowest BCUT2D eigenvalue weighted by Gasteiger charge is -2.18. The number of rotatable bonds is 11. The van der Waals surface area contributed by atoms with Gasteiger partial charge in [-0.05, 0) is 102 Å². The van der Waals surface area contributed by atoms with E-state index in [2.05, 4.69) is 103 Å². The molecule has 3 heterocycles. The number of aliphatic hydroxyl groups excluding tert-OH is 1. The Morgan fingerprint density at radius 1 is 0.860 bits per heavy atom. The maximum absolute atomic E-state index is 10.7. The summed E-state index contributed by atoms with van der Waals surface area (Å²) in [7, 11) is 1.72. The summed E-state index contributed by atoms with van der Waals surface area (Å²) in [5.41, 5.74) is 13.0. The Kier molecular flexibility index (Phi) is 9.85. The summed E-state index contributed by atoms with van der Waals surface area (Å²) in [4.78, 5) is 20.2. The lowest BCUT2D eigenvalue weighted by atomic mass is 9.91. The van der Waals surface area contributed by atoms with Gasteiger partial charge in [0.15, 0.2) is 5.58 Å². The summed E-state index contributed by atoms with van der Waals surface area (Å²) in [5, 5.41) is 9.97. The monoisotopic (exact) mass is 671 g/mol. The smallest absolute Gasteiger partial charge is 0.293 e. The second-order valence-electron chi connectivity index (χ2n) is 13.7. The summed E-state index contributed by atoms with van der Waals surface area (Å²) in [5.74, 6) is 1.48. The molecule has 258 valence electrons. The molecule has 0 amide bonds. The lowest BCUT2D eigenvalue weighted by Crippen LogP contribution is -2.22. The number of carbonyl (C=O) groups excluding carboxylic acids is 1. The van der Waals surface area contributed by atoms with E-state index in [-0.39, 0.29) is 12.2 Å². The first kappa shape index (κ1) is 33.7. The lowest BCUT2D eigenvalue weighted by molar-refractivity contribution is -0.132. The third kappa shape index (κ3) is 7.10. The fraction of sp³-hybridized carbons (Fsp3) is 0.333. The Hall–Kier alpha value is -4.76. The molecule has 5 aromatic rings. The van der Waals surface area contributed by atoms with Crippen molar-refractivity contribution in [2.45, 2.75) is 58.9 Å². The number of ether oxygens (including phenoxy) is 2. The van der Waals surface area contributed by atoms with Crippen LogP contribution in [-0.2, 0) is 22.6 Å². The predicted molar refractivity (Wildman–Crippen MR) is 198 cm³/mol. The van der Waals surface area contributed by atoms with E-state index in [1.807, 2.05) is 6.07 Å². The van der Waals surface area contributed by atoms with Gasteiger partial charge in [0.05, 0.1) is 13.2 Å². The molecule has 2 aliphatic heterocycles. The maximum Gasteiger partial charge on any atom is 0.293 e. The molecule has 8 nitrogen and oxygen atoms in total. The number of aryl methyl sites for hydroxylation is 1. The van der Waals surface area contributed by atoms with E-state index in [4.69, 9.17) is 18.9 Å². The number of methoxy groups -OCH3 is 1. The van der Waals surface area contributed by atoms with Gasteiger partial charge in [-0.3, -0.25) is 14.6 Å². The van der Waals surface area contributed by atoms with Crippen molar-refractivity contribution < 1.29 is 23.8 Å². The van der Waals surface area contributed by atoms with Gasteiger partial charge in [0.2, 0.25) is 5.89 Å². The third-order valence-electron chi connectivity index (χ3n) is 10.3. The van der Waals surface area contributed by atoms with E-state index in [0.717, 1.165) is 101 Å². The minimum atomic E-state index is -0.239. The van der Waals surface area contributed by atoms with Crippen molar-refractivity contribution in [1.82, 2.24) is 14.8 Å². The number of β-amino-alcohol motifs (C(OH)–C–C–N with tert-alkyl or cyclic N) is 1. The van der Waals surface area contributed by atoms with E-state index < -0.39 is 0 Å². The fourth-order valence-corrected chi connectivity index (χ4v) is 7.49. The molecule has 2 aliphatic rings. The Labute approximate surface area is 294 Å². The first-order valence-corrected chi connectivity index (χ1v) is 17.5. The molecular weight excluding hydrogens is 626 g/mol. The molecule has 0 saturated carbocycles. The van der Waals surface area contributed by atoms with Crippen LogP contribution in [0.3, 0.4) is 0 Å². The summed E-state index contributed by atoms with van der Waals surface area (Å²) in [6.07, 6.45) is 5.77. The standard InChI is InChI=1S/C42H45N3O5/c1-27-19-33(23-45-17-15-34(47)24-45)41(48-4)21-32(27)13-12-31-7-5-8-36(28(31)2)37-9-6-10-38(29(37)3)42-43-39-20-30(11-14-40(39)50-42)22-44-18-16-35(25-44)49-26-46/h5-14,19-21,26,34-35,47H,15-18,22-25H2,1-4H3/b13-12+/t34-,35-/m0/s1. The number of hydrogen-bond donors (Lipinski definition) is 1. The number of hydrogen-bond acceptors (Lipinski definition) is 8. The molecule has 7 rings (SSSR count). The Bertz CT molecular complexity index is 2050. The van der Waals surface area contributed by atoms with Crippen molar-refractivity contribution >= 4 is 29.7 Å². The summed E-state index contributed by atoms with van der Waals surface area (Å²) in [6, 6.07) is 23.3. The van der Waals surface area contributed by atoms with E-state index in [0.29, 0.717) is 18.9 Å². The fourth-order valence-electron chi connectivity index (χ4n) is 7.49. The van der Waals surface area contributed by atoms with E-state index in [1.165, 1.54) is 16.7 Å². The quantitative estimate of drug-likeness (QED) is 0.114. The molecule has 0 aliphatic carbocycles. The zero-order chi connectivity index (χ0) is 34.8. The average Bonchev–Trinajstić information content (AvgIpc) is 3.85. The highest BCUT2D eigenvalue weighted by molar-refractivity contribution is 5.83. The first-order chi connectivity index (χ1) is 24.3. The summed E-state index contributed by atoms with van der Waals surface area (Å²) >= 11 is 0. The molecule has 50 heavy (non-hydrogen) atoms. The Morgan fingerprint density at radius 3 is 2.38 bits per heavy atom. The van der Waals surface area contributed by atoms with E-state index in [1.54, 1.807) is 7.11 Å². The van der Waals surface area contributed by atoms with Gasteiger partial charge in [0, 0.05) is 50.4 Å². The van der Waals surface area contributed by atoms with Crippen LogP contribution in [0.5, 0.6) is 5.75 Å². The van der Waals surface area contributed by atoms with Gasteiger partial charge in [-0.15, -0.1) is 0 Å². The van der Waals surface area contributed by atoms with Crippen LogP contribution < -0.4 is 4.74 Å². The highest BCUT2D eigenvalue weighted by Gasteiger charge is 2.24. The van der Waals surface area contributed by atoms with Crippen LogP contribution in [0.1, 0.15) is 51.8 Å². The molecule has 0 unspecified atom stereocenters. The molecule has 0 radical (unpaired) electrons. The largest absolute Gasteiger partial charge is 0.496 e. The predicted octanol–water partition coefficient (Wildman–Crippen LogP) is 7.58. The minimum Gasteiger partial charge on any atom is -0.496 e. The average molecular weight is 672 g/mol. The van der Waals surface area contributed by atoms with Gasteiger partial charge in [-0.2, -0.15) is 0 Å². The highest BCUT2D eigenvalue weighted by atomic mass is 16.5. The van der Waals surface area contributed by atoms with Crippen LogP contribution in [0.25, 0.3) is 45.8 Å². The van der Waals surface area contributed by atoms with Crippen LogP contribution in [0.15, 0.2) is 71.1 Å². The first-order valence-electron chi connectivity index (χ1n) is 17.5. The molecule has 2 atom stereocenters. The van der Waals surface area contributed by atoms with Crippen molar-refractivity contribution in [3.05, 3.63) is 106 Å². The zero-order valence-electron chi connectivity index (χ0n) is 29.3. The van der Waals surface area contributed by atoms with Crippen molar-refractivity contribution in [3.8, 4) is 28.3 Å². The molecule has 1 aromatic heterocycles. The number of benzene rings is 4. The van der Waals surface area contributed by atoms with Gasteiger partial charge in [0.1, 0.15) is 17.4 Å². The second-order valence-corrected chi connectivity index (χ2v) is 13.7. The summed E-state index contributed by atoms with van der Waals surface area (Å²) < 4.78 is 17.3. The SMILES string of the molecule is COc1cc(/C=C/c2cccc(-c3cccc(-c4nc5cc(CN6CC[C@H](OC=O)C6)ccc5o4)c3C)c2C)c(C)cc1CN1CC[C@H](O)C1. The molecule has 0 bridgehead atoms. The third-order valence-corrected chi connectivity index (χ3v) is 10.3. The van der Waals surface area contributed by atoms with E-state index in [9.17, 15) is 9.90 Å². The van der Waals surface area contributed by atoms with Crippen LogP contribution in [0.2, 0.25) is 0 Å². The number of carbonyl (C=O) groups is 1. The normalized spacial score (nSPS) is 18.4. The minimum absolute atomic E-state index is 0.0293. The van der Waals surface area contributed by atoms with Gasteiger partial charge < -0.3 is 19.0 Å². The maximum atomic E-state index is 10.7. The molecular formula is C42H45N3O5. The second kappa shape index (κ2) is 14.6. The van der Waals surface area contributed by atoms with E-state index >= 15 is 0 Å². The Morgan fingerprint density at radius 2 is 1.60 bits per heavy atom. The molecule has 2 fully saturated rings. The van der Waals surface area contributed by atoms with Crippen molar-refractivity contribution in [1.29, 1.82) is 0 Å². The molecule has 0 spiro atoms. The van der Waals surface area contributed by atoms with Gasteiger partial charge in [0.25, 0.3) is 6.47 Å². The van der Waals surface area contributed by atoms with Crippen molar-refractivity contribution in [3.63, 3.8) is 0 Å². The van der Waals surface area contributed by atoms with Crippen molar-refractivity contribution in [2.75, 3.05) is 33.3 Å². The zero-order valence-corrected chi connectivity index (χ0v) is 29.3. The highest BCUT2D eigenvalue weighted by Crippen LogP contribution is 2.36. The number of fused-ring (bicyclic) bond motifs is 1. The van der Waals surface area contributed by atoms with Gasteiger partial charge in [-0.25, -0.2) is 4.98 Å². The van der Waals surface area contributed by atoms with Crippen LogP contribution in [0, 0.1) is 20.8 Å². The Balaban J connectivity index is 1.12. The molecule has 1 N–H and O–H groups in total. The van der Waals surface area contributed by atoms with Crippen molar-refractivity contribution in [2.24, 2.45) is 0 Å². The number of likely N-dealkylation sites (tertiary alicyclic amines) is 2. The van der Waals surface area contributed by atoms with Crippen LogP contribution >= 0.6 is 0 Å². The van der Waals surface area contributed by atoms with Gasteiger partial charge >= 0.3 is 0 Å².